The van der Waals surface area contributed by atoms with Crippen molar-refractivity contribution in [2.24, 2.45) is 0 Å². The van der Waals surface area contributed by atoms with Gasteiger partial charge in [-0.15, -0.1) is 11.8 Å². The van der Waals surface area contributed by atoms with Gasteiger partial charge >= 0.3 is 0 Å². The van der Waals surface area contributed by atoms with Crippen molar-refractivity contribution in [1.29, 1.82) is 0 Å². The Hall–Kier alpha value is -1.40. The minimum absolute atomic E-state index is 0.0943. The largest absolute Gasteiger partial charge is 0.302 e. The Morgan fingerprint density at radius 2 is 2.41 bits per heavy atom. The normalized spacial score (nSPS) is 10.2. The van der Waals surface area contributed by atoms with E-state index in [9.17, 15) is 4.79 Å². The van der Waals surface area contributed by atoms with Crippen molar-refractivity contribution in [1.82, 2.24) is 9.97 Å². The van der Waals surface area contributed by atoms with E-state index in [4.69, 9.17) is 0 Å². The Bertz CT molecular complexity index is 498. The third-order valence-corrected chi connectivity index (χ3v) is 4.05. The molecule has 0 saturated carbocycles. The highest BCUT2D eigenvalue weighted by Crippen LogP contribution is 2.30. The second kappa shape index (κ2) is 5.79. The Morgan fingerprint density at radius 1 is 1.53 bits per heavy atom. The van der Waals surface area contributed by atoms with E-state index in [0.29, 0.717) is 5.13 Å². The smallest absolute Gasteiger partial charge is 0.223 e. The molecular formula is C11H11N3OS2. The zero-order valence-corrected chi connectivity index (χ0v) is 10.8. The van der Waals surface area contributed by atoms with Gasteiger partial charge in [0.05, 0.1) is 10.4 Å². The summed E-state index contributed by atoms with van der Waals surface area (Å²) in [4.78, 5) is 19.0. The van der Waals surface area contributed by atoms with Crippen molar-refractivity contribution in [2.75, 3.05) is 5.32 Å². The fourth-order valence-corrected chi connectivity index (χ4v) is 3.02. The summed E-state index contributed by atoms with van der Waals surface area (Å²) in [5.74, 6) is 0.762. The Kier molecular flexibility index (Phi) is 4.11. The maximum Gasteiger partial charge on any atom is 0.223 e. The molecule has 4 nitrogen and oxygen atoms in total. The van der Waals surface area contributed by atoms with Gasteiger partial charge in [-0.05, 0) is 11.6 Å². The summed E-state index contributed by atoms with van der Waals surface area (Å²) in [6.45, 7) is 1.48. The van der Waals surface area contributed by atoms with E-state index in [1.54, 1.807) is 24.2 Å². The van der Waals surface area contributed by atoms with Crippen molar-refractivity contribution >= 4 is 34.1 Å². The second-order valence-corrected chi connectivity index (χ2v) is 5.62. The quantitative estimate of drug-likeness (QED) is 0.864. The van der Waals surface area contributed by atoms with E-state index < -0.39 is 0 Å². The topological polar surface area (TPSA) is 54.9 Å². The number of anilines is 1. The standard InChI is InChI=1S/C11H11N3OS2/c1-8(15)14-11-13-6-10(17-11)16-7-9-3-2-4-12-5-9/h2-6H,7H2,1H3,(H,13,14,15). The number of carbonyl (C=O) groups excluding carboxylic acids is 1. The molecule has 0 bridgehead atoms. The Morgan fingerprint density at radius 3 is 3.12 bits per heavy atom. The van der Waals surface area contributed by atoms with Crippen molar-refractivity contribution in [3.05, 3.63) is 36.3 Å². The number of pyridine rings is 1. The summed E-state index contributed by atoms with van der Waals surface area (Å²) in [5, 5.41) is 3.31. The zero-order valence-electron chi connectivity index (χ0n) is 9.21. The van der Waals surface area contributed by atoms with Gasteiger partial charge in [-0.2, -0.15) is 0 Å². The van der Waals surface area contributed by atoms with Crippen LogP contribution in [0.1, 0.15) is 12.5 Å². The van der Waals surface area contributed by atoms with Crippen LogP contribution in [-0.2, 0) is 10.5 Å². The molecule has 0 spiro atoms. The monoisotopic (exact) mass is 265 g/mol. The summed E-state index contributed by atoms with van der Waals surface area (Å²) >= 11 is 3.17. The van der Waals surface area contributed by atoms with Gasteiger partial charge in [0, 0.05) is 25.1 Å². The molecule has 0 aromatic carbocycles. The van der Waals surface area contributed by atoms with E-state index in [1.165, 1.54) is 23.8 Å². The highest BCUT2D eigenvalue weighted by molar-refractivity contribution is 8.00. The molecule has 2 aromatic heterocycles. The van der Waals surface area contributed by atoms with Crippen molar-refractivity contribution in [2.45, 2.75) is 16.9 Å². The van der Waals surface area contributed by atoms with Gasteiger partial charge in [-0.3, -0.25) is 9.78 Å². The number of rotatable bonds is 4. The minimum Gasteiger partial charge on any atom is -0.302 e. The number of thioether (sulfide) groups is 1. The number of aromatic nitrogens is 2. The third kappa shape index (κ3) is 3.83. The molecular weight excluding hydrogens is 254 g/mol. The summed E-state index contributed by atoms with van der Waals surface area (Å²) in [6.07, 6.45) is 5.38. The van der Waals surface area contributed by atoms with Crippen LogP contribution < -0.4 is 5.32 Å². The maximum absolute atomic E-state index is 10.8. The van der Waals surface area contributed by atoms with E-state index in [1.807, 2.05) is 18.3 Å². The van der Waals surface area contributed by atoms with Crippen LogP contribution in [0.15, 0.2) is 34.9 Å². The van der Waals surface area contributed by atoms with E-state index in [2.05, 4.69) is 15.3 Å². The SMILES string of the molecule is CC(=O)Nc1ncc(SCc2cccnc2)s1. The Balaban J connectivity index is 1.91. The van der Waals surface area contributed by atoms with Crippen LogP contribution in [0.5, 0.6) is 0 Å². The molecule has 6 heteroatoms. The number of nitrogens with one attached hydrogen (secondary N) is 1. The van der Waals surface area contributed by atoms with Gasteiger partial charge in [0.25, 0.3) is 0 Å². The van der Waals surface area contributed by atoms with Gasteiger partial charge < -0.3 is 5.32 Å². The average Bonchev–Trinajstić information content (AvgIpc) is 2.75. The molecule has 88 valence electrons. The molecule has 0 saturated heterocycles. The fourth-order valence-electron chi connectivity index (χ4n) is 1.17. The van der Waals surface area contributed by atoms with E-state index in [0.717, 1.165) is 9.96 Å². The molecule has 2 rings (SSSR count). The van der Waals surface area contributed by atoms with Crippen LogP contribution >= 0.6 is 23.1 Å². The number of amides is 1. The molecule has 0 aliphatic carbocycles. The van der Waals surface area contributed by atoms with Gasteiger partial charge in [-0.25, -0.2) is 4.98 Å². The lowest BCUT2D eigenvalue weighted by Crippen LogP contribution is -2.04. The molecule has 1 amide bonds. The van der Waals surface area contributed by atoms with Crippen LogP contribution in [0.25, 0.3) is 0 Å². The van der Waals surface area contributed by atoms with E-state index in [-0.39, 0.29) is 5.91 Å². The number of carbonyl (C=O) groups is 1. The highest BCUT2D eigenvalue weighted by atomic mass is 32.2. The summed E-state index contributed by atoms with van der Waals surface area (Å²) in [5.41, 5.74) is 1.17. The lowest BCUT2D eigenvalue weighted by Gasteiger charge is -1.97. The van der Waals surface area contributed by atoms with Gasteiger partial charge in [0.15, 0.2) is 5.13 Å². The number of hydrogen-bond acceptors (Lipinski definition) is 5. The third-order valence-electron chi connectivity index (χ3n) is 1.87. The summed E-state index contributed by atoms with van der Waals surface area (Å²) in [6, 6.07) is 3.96. The molecule has 0 unspecified atom stereocenters. The van der Waals surface area contributed by atoms with Crippen LogP contribution in [-0.4, -0.2) is 15.9 Å². The second-order valence-electron chi connectivity index (χ2n) is 3.32. The molecule has 0 fully saturated rings. The van der Waals surface area contributed by atoms with Crippen LogP contribution in [0.3, 0.4) is 0 Å². The highest BCUT2D eigenvalue weighted by Gasteiger charge is 2.04. The van der Waals surface area contributed by atoms with Crippen LogP contribution in [0.2, 0.25) is 0 Å². The van der Waals surface area contributed by atoms with Gasteiger partial charge in [0.2, 0.25) is 5.91 Å². The molecule has 0 atom stereocenters. The maximum atomic E-state index is 10.8. The molecule has 0 aliphatic heterocycles. The van der Waals surface area contributed by atoms with Crippen molar-refractivity contribution in [3.8, 4) is 0 Å². The first kappa shape index (κ1) is 12.1. The Labute approximate surface area is 107 Å². The lowest BCUT2D eigenvalue weighted by molar-refractivity contribution is -0.114. The van der Waals surface area contributed by atoms with Crippen molar-refractivity contribution < 1.29 is 4.79 Å². The van der Waals surface area contributed by atoms with Gasteiger partial charge in [0.1, 0.15) is 0 Å². The summed E-state index contributed by atoms with van der Waals surface area (Å²) in [7, 11) is 0. The first-order valence-electron chi connectivity index (χ1n) is 4.99. The van der Waals surface area contributed by atoms with Crippen LogP contribution in [0, 0.1) is 0 Å². The van der Waals surface area contributed by atoms with Gasteiger partial charge in [-0.1, -0.05) is 17.4 Å². The molecule has 17 heavy (non-hydrogen) atoms. The molecule has 2 aromatic rings. The number of hydrogen-bond donors (Lipinski definition) is 1. The molecule has 0 radical (unpaired) electrons. The zero-order chi connectivity index (χ0) is 12.1. The first-order chi connectivity index (χ1) is 8.24. The molecule has 1 N–H and O–H groups in total. The van der Waals surface area contributed by atoms with Crippen molar-refractivity contribution in [3.63, 3.8) is 0 Å². The average molecular weight is 265 g/mol. The lowest BCUT2D eigenvalue weighted by atomic mass is 10.3. The van der Waals surface area contributed by atoms with Crippen LogP contribution in [0.4, 0.5) is 5.13 Å². The summed E-state index contributed by atoms with van der Waals surface area (Å²) < 4.78 is 1.08. The fraction of sp³-hybridized carbons (Fsp3) is 0.182. The van der Waals surface area contributed by atoms with E-state index >= 15 is 0 Å². The minimum atomic E-state index is -0.0943. The predicted octanol–water partition coefficient (Wildman–Crippen LogP) is 2.79. The number of thiazole rings is 1. The molecule has 2 heterocycles. The first-order valence-corrected chi connectivity index (χ1v) is 6.79. The number of nitrogens with zero attached hydrogens (tertiary/aromatic N) is 2. The predicted molar refractivity (Wildman–Crippen MR) is 70.2 cm³/mol. The molecule has 0 aliphatic rings.